The smallest absolute Gasteiger partial charge is 0.238 e. The summed E-state index contributed by atoms with van der Waals surface area (Å²) < 4.78 is 13.7. The normalized spacial score (nSPS) is 10.0. The summed E-state index contributed by atoms with van der Waals surface area (Å²) in [5, 5.41) is 2.52. The lowest BCUT2D eigenvalue weighted by molar-refractivity contribution is -0.114. The maximum absolute atomic E-state index is 13.1. The van der Waals surface area contributed by atoms with Crippen molar-refractivity contribution in [3.8, 4) is 0 Å². The molecule has 0 radical (unpaired) electrons. The molecule has 0 aliphatic heterocycles. The van der Waals surface area contributed by atoms with Gasteiger partial charge >= 0.3 is 0 Å². The van der Waals surface area contributed by atoms with Gasteiger partial charge in [-0.25, -0.2) is 4.39 Å². The first-order chi connectivity index (χ1) is 6.56. The second-order valence-corrected chi connectivity index (χ2v) is 3.64. The van der Waals surface area contributed by atoms with Gasteiger partial charge in [0.15, 0.2) is 0 Å². The van der Waals surface area contributed by atoms with Gasteiger partial charge in [0.2, 0.25) is 5.91 Å². The third kappa shape index (κ3) is 2.30. The van der Waals surface area contributed by atoms with Crippen LogP contribution in [0.2, 0.25) is 0 Å². The Labute approximate surface area is 89.6 Å². The van der Waals surface area contributed by atoms with E-state index in [1.807, 2.05) is 0 Å². The van der Waals surface area contributed by atoms with Gasteiger partial charge < -0.3 is 11.1 Å². The Morgan fingerprint density at radius 1 is 1.64 bits per heavy atom. The van der Waals surface area contributed by atoms with E-state index < -0.39 is 0 Å². The Kier molecular flexibility index (Phi) is 3.60. The van der Waals surface area contributed by atoms with Gasteiger partial charge in [-0.1, -0.05) is 0 Å². The van der Waals surface area contributed by atoms with Crippen molar-refractivity contribution in [2.24, 2.45) is 5.73 Å². The quantitative estimate of drug-likeness (QED) is 0.852. The molecular weight excluding hydrogens is 251 g/mol. The lowest BCUT2D eigenvalue weighted by atomic mass is 10.2. The minimum atomic E-state index is -0.361. The minimum absolute atomic E-state index is 0.123. The van der Waals surface area contributed by atoms with Crippen LogP contribution in [0.3, 0.4) is 0 Å². The van der Waals surface area contributed by atoms with Crippen LogP contribution in [0.15, 0.2) is 16.6 Å². The van der Waals surface area contributed by atoms with Crippen LogP contribution in [0.1, 0.15) is 5.56 Å². The molecule has 0 saturated heterocycles. The lowest BCUT2D eigenvalue weighted by Gasteiger charge is -2.10. The van der Waals surface area contributed by atoms with Crippen LogP contribution in [0, 0.1) is 12.7 Å². The van der Waals surface area contributed by atoms with Crippen molar-refractivity contribution < 1.29 is 9.18 Å². The zero-order valence-electron chi connectivity index (χ0n) is 7.60. The summed E-state index contributed by atoms with van der Waals surface area (Å²) in [7, 11) is 0. The summed E-state index contributed by atoms with van der Waals surface area (Å²) in [6.45, 7) is 1.47. The average Bonchev–Trinajstić information content (AvgIpc) is 2.18. The molecule has 0 saturated carbocycles. The molecule has 0 bridgehead atoms. The van der Waals surface area contributed by atoms with Gasteiger partial charge in [0.25, 0.3) is 0 Å². The highest BCUT2D eigenvalue weighted by molar-refractivity contribution is 9.10. The third-order valence-electron chi connectivity index (χ3n) is 1.80. The van der Waals surface area contributed by atoms with Crippen molar-refractivity contribution in [3.63, 3.8) is 0 Å². The van der Waals surface area contributed by atoms with Crippen molar-refractivity contribution >= 4 is 27.5 Å². The van der Waals surface area contributed by atoms with Crippen molar-refractivity contribution in [2.45, 2.75) is 6.92 Å². The van der Waals surface area contributed by atoms with Gasteiger partial charge in [-0.05, 0) is 35.0 Å². The van der Waals surface area contributed by atoms with Gasteiger partial charge in [-0.15, -0.1) is 0 Å². The molecule has 0 atom stereocenters. The summed E-state index contributed by atoms with van der Waals surface area (Å²) in [5.74, 6) is -0.708. The average molecular weight is 261 g/mol. The lowest BCUT2D eigenvalue weighted by Crippen LogP contribution is -2.22. The van der Waals surface area contributed by atoms with Crippen LogP contribution in [0.4, 0.5) is 10.1 Å². The molecule has 5 heteroatoms. The second kappa shape index (κ2) is 4.52. The molecule has 0 aliphatic carbocycles. The second-order valence-electron chi connectivity index (χ2n) is 2.78. The van der Waals surface area contributed by atoms with Crippen LogP contribution in [0.5, 0.6) is 0 Å². The first kappa shape index (κ1) is 11.1. The number of halogens is 2. The largest absolute Gasteiger partial charge is 0.324 e. The highest BCUT2D eigenvalue weighted by atomic mass is 79.9. The zero-order chi connectivity index (χ0) is 10.7. The summed E-state index contributed by atoms with van der Waals surface area (Å²) in [6, 6.07) is 2.87. The van der Waals surface area contributed by atoms with Gasteiger partial charge in [0.05, 0.1) is 12.2 Å². The predicted molar refractivity (Wildman–Crippen MR) is 56.5 cm³/mol. The van der Waals surface area contributed by atoms with Crippen molar-refractivity contribution in [2.75, 3.05) is 11.9 Å². The van der Waals surface area contributed by atoms with E-state index >= 15 is 0 Å². The molecule has 1 aromatic carbocycles. The molecule has 1 amide bonds. The summed E-state index contributed by atoms with van der Waals surface area (Å²) >= 11 is 3.22. The zero-order valence-corrected chi connectivity index (χ0v) is 9.19. The number of carbonyl (C=O) groups is 1. The van der Waals surface area contributed by atoms with Crippen LogP contribution in [-0.2, 0) is 4.79 Å². The van der Waals surface area contributed by atoms with E-state index in [-0.39, 0.29) is 18.3 Å². The number of anilines is 1. The number of amides is 1. The fraction of sp³-hybridized carbons (Fsp3) is 0.222. The Morgan fingerprint density at radius 2 is 2.29 bits per heavy atom. The van der Waals surface area contributed by atoms with E-state index in [1.165, 1.54) is 12.1 Å². The third-order valence-corrected chi connectivity index (χ3v) is 2.46. The summed E-state index contributed by atoms with van der Waals surface area (Å²) in [5.41, 5.74) is 5.96. The van der Waals surface area contributed by atoms with Crippen LogP contribution >= 0.6 is 15.9 Å². The first-order valence-corrected chi connectivity index (χ1v) is 4.80. The van der Waals surface area contributed by atoms with E-state index in [9.17, 15) is 9.18 Å². The van der Waals surface area contributed by atoms with Crippen molar-refractivity contribution in [1.29, 1.82) is 0 Å². The highest BCUT2D eigenvalue weighted by Gasteiger charge is 2.10. The van der Waals surface area contributed by atoms with E-state index in [0.717, 1.165) is 0 Å². The summed E-state index contributed by atoms with van der Waals surface area (Å²) in [4.78, 5) is 11.0. The topological polar surface area (TPSA) is 55.1 Å². The molecule has 3 N–H and O–H groups in total. The number of hydrogen-bond acceptors (Lipinski definition) is 2. The number of rotatable bonds is 2. The van der Waals surface area contributed by atoms with Gasteiger partial charge in [-0.3, -0.25) is 4.79 Å². The van der Waals surface area contributed by atoms with Crippen LogP contribution < -0.4 is 11.1 Å². The van der Waals surface area contributed by atoms with Crippen LogP contribution in [0.25, 0.3) is 0 Å². The van der Waals surface area contributed by atoms with Crippen molar-refractivity contribution in [3.05, 3.63) is 28.0 Å². The number of benzene rings is 1. The van der Waals surface area contributed by atoms with E-state index in [1.54, 1.807) is 6.92 Å². The van der Waals surface area contributed by atoms with Crippen LogP contribution in [-0.4, -0.2) is 12.5 Å². The number of nitrogens with one attached hydrogen (secondary N) is 1. The SMILES string of the molecule is Cc1c(F)ccc(Br)c1NC(=O)CN. The molecule has 1 aromatic rings. The van der Waals surface area contributed by atoms with Gasteiger partial charge in [-0.2, -0.15) is 0 Å². The molecule has 0 aliphatic rings. The molecule has 3 nitrogen and oxygen atoms in total. The molecule has 1 rings (SSSR count). The summed E-state index contributed by atoms with van der Waals surface area (Å²) in [6.07, 6.45) is 0. The standard InChI is InChI=1S/C9H10BrFN2O/c1-5-7(11)3-2-6(10)9(5)13-8(14)4-12/h2-3H,4,12H2,1H3,(H,13,14). The van der Waals surface area contributed by atoms with E-state index in [2.05, 4.69) is 21.2 Å². The first-order valence-electron chi connectivity index (χ1n) is 4.00. The Bertz CT molecular complexity index is 368. The van der Waals surface area contributed by atoms with E-state index in [4.69, 9.17) is 5.73 Å². The van der Waals surface area contributed by atoms with E-state index in [0.29, 0.717) is 15.7 Å². The molecule has 0 heterocycles. The number of hydrogen-bond donors (Lipinski definition) is 2. The molecule has 76 valence electrons. The predicted octanol–water partition coefficient (Wildman–Crippen LogP) is 1.79. The maximum Gasteiger partial charge on any atom is 0.238 e. The van der Waals surface area contributed by atoms with Crippen molar-refractivity contribution in [1.82, 2.24) is 0 Å². The minimum Gasteiger partial charge on any atom is -0.324 e. The molecule has 0 spiro atoms. The Hall–Kier alpha value is -0.940. The molecule has 0 fully saturated rings. The monoisotopic (exact) mass is 260 g/mol. The fourth-order valence-electron chi connectivity index (χ4n) is 0.997. The maximum atomic E-state index is 13.1. The molecule has 14 heavy (non-hydrogen) atoms. The number of nitrogens with two attached hydrogens (primary N) is 1. The van der Waals surface area contributed by atoms with Gasteiger partial charge in [0.1, 0.15) is 5.82 Å². The van der Waals surface area contributed by atoms with Gasteiger partial charge in [0, 0.05) is 10.0 Å². The highest BCUT2D eigenvalue weighted by Crippen LogP contribution is 2.27. The molecule has 0 aromatic heterocycles. The molecule has 0 unspecified atom stereocenters. The molecular formula is C9H10BrFN2O. The Morgan fingerprint density at radius 3 is 2.86 bits per heavy atom. The Balaban J connectivity index is 3.06. The number of carbonyl (C=O) groups excluding carboxylic acids is 1. The fourth-order valence-corrected chi connectivity index (χ4v) is 1.53.